The maximum atomic E-state index is 12.7. The molecule has 0 saturated carbocycles. The van der Waals surface area contributed by atoms with Crippen LogP contribution in [0.2, 0.25) is 0 Å². The van der Waals surface area contributed by atoms with Crippen LogP contribution in [-0.4, -0.2) is 61.5 Å². The molecule has 8 heteroatoms. The summed E-state index contributed by atoms with van der Waals surface area (Å²) in [6, 6.07) is 11.9. The Morgan fingerprint density at radius 1 is 1.06 bits per heavy atom. The van der Waals surface area contributed by atoms with Gasteiger partial charge in [0.05, 0.1) is 16.7 Å². The van der Waals surface area contributed by atoms with Gasteiger partial charge in [0.2, 0.25) is 0 Å². The molecule has 0 fully saturated rings. The van der Waals surface area contributed by atoms with Crippen molar-refractivity contribution in [3.63, 3.8) is 0 Å². The van der Waals surface area contributed by atoms with Crippen LogP contribution in [0.25, 0.3) is 0 Å². The van der Waals surface area contributed by atoms with E-state index >= 15 is 0 Å². The van der Waals surface area contributed by atoms with Crippen LogP contribution in [0.4, 0.5) is 5.69 Å². The molecular weight excluding hydrogens is 412 g/mol. The van der Waals surface area contributed by atoms with E-state index in [1.165, 1.54) is 18.2 Å². The van der Waals surface area contributed by atoms with Crippen LogP contribution >= 0.6 is 0 Å². The summed E-state index contributed by atoms with van der Waals surface area (Å²) in [5, 5.41) is 0. The maximum Gasteiger partial charge on any atom is 0.338 e. The van der Waals surface area contributed by atoms with E-state index in [-0.39, 0.29) is 35.2 Å². The predicted molar refractivity (Wildman–Crippen MR) is 116 cm³/mol. The molecule has 166 valence electrons. The Hall–Kier alpha value is -3.52. The lowest BCUT2D eigenvalue weighted by Crippen LogP contribution is -2.38. The highest BCUT2D eigenvalue weighted by Crippen LogP contribution is 2.32. The third kappa shape index (κ3) is 3.89. The highest BCUT2D eigenvalue weighted by atomic mass is 16.5. The van der Waals surface area contributed by atoms with Gasteiger partial charge in [-0.25, -0.2) is 4.79 Å². The van der Waals surface area contributed by atoms with Crippen LogP contribution < -0.4 is 4.90 Å². The number of nitrogens with zero attached hydrogens (tertiary/aromatic N) is 2. The third-order valence-corrected chi connectivity index (χ3v) is 5.74. The number of amides is 3. The van der Waals surface area contributed by atoms with Gasteiger partial charge in [-0.2, -0.15) is 0 Å². The summed E-state index contributed by atoms with van der Waals surface area (Å²) in [4.78, 5) is 53.2. The van der Waals surface area contributed by atoms with E-state index in [0.717, 1.165) is 22.6 Å². The number of carbonyl (C=O) groups excluding carboxylic acids is 4. The number of methoxy groups -OCH3 is 1. The van der Waals surface area contributed by atoms with Gasteiger partial charge in [0.1, 0.15) is 0 Å². The summed E-state index contributed by atoms with van der Waals surface area (Å²) in [5.74, 6) is -1.88. The molecule has 0 bridgehead atoms. The molecule has 0 aromatic heterocycles. The quantitative estimate of drug-likeness (QED) is 0.376. The number of fused-ring (bicyclic) bond motifs is 2. The average molecular weight is 436 g/mol. The number of hydrogen-bond donors (Lipinski definition) is 0. The van der Waals surface area contributed by atoms with Gasteiger partial charge in [-0.3, -0.25) is 19.3 Å². The molecule has 0 spiro atoms. The first-order valence-corrected chi connectivity index (χ1v) is 10.5. The fraction of sp³-hybridized carbons (Fsp3) is 0.333. The molecule has 2 aromatic rings. The minimum absolute atomic E-state index is 0.0219. The second-order valence-electron chi connectivity index (χ2n) is 7.89. The molecule has 2 aromatic carbocycles. The van der Waals surface area contributed by atoms with Crippen LogP contribution in [0, 0.1) is 0 Å². The summed E-state index contributed by atoms with van der Waals surface area (Å²) in [7, 11) is 1.55. The lowest BCUT2D eigenvalue weighted by Gasteiger charge is -2.22. The topological polar surface area (TPSA) is 93.2 Å². The van der Waals surface area contributed by atoms with E-state index in [1.54, 1.807) is 12.0 Å². The van der Waals surface area contributed by atoms with Crippen molar-refractivity contribution in [2.24, 2.45) is 0 Å². The third-order valence-electron chi connectivity index (χ3n) is 5.74. The minimum Gasteiger partial charge on any atom is -0.452 e. The number of esters is 1. The lowest BCUT2D eigenvalue weighted by atomic mass is 10.1. The Morgan fingerprint density at radius 3 is 2.59 bits per heavy atom. The van der Waals surface area contributed by atoms with E-state index in [0.29, 0.717) is 13.0 Å². The zero-order valence-corrected chi connectivity index (χ0v) is 18.0. The number of benzene rings is 2. The highest BCUT2D eigenvalue weighted by Gasteiger charge is 2.36. The maximum absolute atomic E-state index is 12.7. The number of ether oxygens (including phenoxy) is 2. The number of rotatable bonds is 7. The van der Waals surface area contributed by atoms with Gasteiger partial charge >= 0.3 is 5.97 Å². The van der Waals surface area contributed by atoms with Crippen molar-refractivity contribution in [1.82, 2.24) is 4.90 Å². The second-order valence-corrected chi connectivity index (χ2v) is 7.89. The number of imide groups is 1. The Morgan fingerprint density at radius 2 is 1.81 bits per heavy atom. The van der Waals surface area contributed by atoms with E-state index in [4.69, 9.17) is 9.47 Å². The summed E-state index contributed by atoms with van der Waals surface area (Å²) < 4.78 is 10.2. The van der Waals surface area contributed by atoms with Gasteiger partial charge < -0.3 is 14.4 Å². The van der Waals surface area contributed by atoms with Crippen molar-refractivity contribution in [2.75, 3.05) is 31.8 Å². The Labute approximate surface area is 185 Å². The average Bonchev–Trinajstić information content (AvgIpc) is 3.25. The molecule has 0 N–H and O–H groups in total. The predicted octanol–water partition coefficient (Wildman–Crippen LogP) is 2.45. The van der Waals surface area contributed by atoms with E-state index in [9.17, 15) is 19.2 Å². The smallest absolute Gasteiger partial charge is 0.338 e. The zero-order valence-electron chi connectivity index (χ0n) is 18.0. The molecule has 2 aliphatic heterocycles. The molecule has 4 rings (SSSR count). The normalized spacial score (nSPS) is 16.9. The van der Waals surface area contributed by atoms with Crippen LogP contribution in [0.5, 0.6) is 0 Å². The van der Waals surface area contributed by atoms with Gasteiger partial charge in [-0.05, 0) is 49.6 Å². The fourth-order valence-corrected chi connectivity index (χ4v) is 4.21. The van der Waals surface area contributed by atoms with Crippen LogP contribution in [0.1, 0.15) is 50.0 Å². The molecule has 1 unspecified atom stereocenters. The largest absolute Gasteiger partial charge is 0.452 e. The van der Waals surface area contributed by atoms with Crippen molar-refractivity contribution in [3.8, 4) is 0 Å². The summed E-state index contributed by atoms with van der Waals surface area (Å²) in [6.07, 6.45) is 1.27. The molecule has 0 saturated heterocycles. The van der Waals surface area contributed by atoms with Gasteiger partial charge in [-0.15, -0.1) is 0 Å². The van der Waals surface area contributed by atoms with E-state index in [1.807, 2.05) is 31.2 Å². The van der Waals surface area contributed by atoms with Crippen molar-refractivity contribution >= 4 is 29.4 Å². The standard InChI is InChI=1S/C24H24N2O6/c1-15-12-16-6-3-4-7-20(16)26(15)21(27)14-32-24(30)17-8-9-18-19(13-17)23(29)25(22(18)28)10-5-11-31-2/h3-4,6-9,13,15H,5,10-12,14H2,1-2H3. The molecule has 0 radical (unpaired) electrons. The van der Waals surface area contributed by atoms with Gasteiger partial charge in [-0.1, -0.05) is 18.2 Å². The van der Waals surface area contributed by atoms with Gasteiger partial charge in [0.15, 0.2) is 6.61 Å². The molecule has 32 heavy (non-hydrogen) atoms. The Bertz CT molecular complexity index is 1100. The van der Waals surface area contributed by atoms with Crippen molar-refractivity contribution in [2.45, 2.75) is 25.8 Å². The number of hydrogen-bond acceptors (Lipinski definition) is 6. The Kier molecular flexibility index (Phi) is 6.05. The molecule has 2 aliphatic rings. The lowest BCUT2D eigenvalue weighted by molar-refractivity contribution is -0.122. The number of anilines is 1. The van der Waals surface area contributed by atoms with Crippen LogP contribution in [-0.2, 0) is 20.7 Å². The molecule has 0 aliphatic carbocycles. The van der Waals surface area contributed by atoms with Gasteiger partial charge in [0, 0.05) is 32.0 Å². The summed E-state index contributed by atoms with van der Waals surface area (Å²) in [6.45, 7) is 2.20. The number of para-hydroxylation sites is 1. The van der Waals surface area contributed by atoms with Crippen molar-refractivity contribution in [3.05, 3.63) is 64.7 Å². The molecule has 2 heterocycles. The molecule has 1 atom stereocenters. The molecular formula is C24H24N2O6. The first kappa shape index (κ1) is 21.7. The van der Waals surface area contributed by atoms with E-state index < -0.39 is 24.4 Å². The molecule has 3 amide bonds. The highest BCUT2D eigenvalue weighted by molar-refractivity contribution is 6.22. The van der Waals surface area contributed by atoms with Gasteiger partial charge in [0.25, 0.3) is 17.7 Å². The Balaban J connectivity index is 1.42. The monoisotopic (exact) mass is 436 g/mol. The summed E-state index contributed by atoms with van der Waals surface area (Å²) in [5.41, 5.74) is 2.44. The SMILES string of the molecule is COCCCN1C(=O)c2ccc(C(=O)OCC(=O)N3c4ccccc4CC3C)cc2C1=O. The molecule has 8 nitrogen and oxygen atoms in total. The first-order valence-electron chi connectivity index (χ1n) is 10.5. The van der Waals surface area contributed by atoms with Crippen molar-refractivity contribution < 1.29 is 28.7 Å². The summed E-state index contributed by atoms with van der Waals surface area (Å²) >= 11 is 0. The number of carbonyl (C=O) groups is 4. The zero-order chi connectivity index (χ0) is 22.8. The van der Waals surface area contributed by atoms with Crippen LogP contribution in [0.15, 0.2) is 42.5 Å². The second kappa shape index (κ2) is 8.92. The van der Waals surface area contributed by atoms with E-state index in [2.05, 4.69) is 0 Å². The van der Waals surface area contributed by atoms with Crippen molar-refractivity contribution in [1.29, 1.82) is 0 Å². The fourth-order valence-electron chi connectivity index (χ4n) is 4.21. The minimum atomic E-state index is -0.723. The van der Waals surface area contributed by atoms with Crippen LogP contribution in [0.3, 0.4) is 0 Å². The first-order chi connectivity index (χ1) is 15.4.